The molecule has 0 radical (unpaired) electrons. The van der Waals surface area contributed by atoms with Crippen LogP contribution in [0.5, 0.6) is 0 Å². The van der Waals surface area contributed by atoms with Crippen LogP contribution in [0.2, 0.25) is 0 Å². The number of rotatable bonds is 3. The van der Waals surface area contributed by atoms with Crippen LogP contribution < -0.4 is 4.90 Å². The van der Waals surface area contributed by atoms with Gasteiger partial charge in [0.25, 0.3) is 5.91 Å². The van der Waals surface area contributed by atoms with Crippen LogP contribution in [0.4, 0.5) is 5.69 Å². The first-order valence-corrected chi connectivity index (χ1v) is 6.66. The van der Waals surface area contributed by atoms with Crippen LogP contribution in [0.15, 0.2) is 22.7 Å². The number of ether oxygens (including phenoxy) is 1. The second-order valence-electron chi connectivity index (χ2n) is 4.46. The molecule has 0 bridgehead atoms. The minimum atomic E-state index is -0.942. The van der Waals surface area contributed by atoms with E-state index in [9.17, 15) is 9.59 Å². The molecule has 5 nitrogen and oxygen atoms in total. The Kier molecular flexibility index (Phi) is 4.21. The van der Waals surface area contributed by atoms with Gasteiger partial charge in [0.2, 0.25) is 0 Å². The maximum atomic E-state index is 12.0. The quantitative estimate of drug-likeness (QED) is 0.921. The monoisotopic (exact) mass is 327 g/mol. The van der Waals surface area contributed by atoms with Gasteiger partial charge in [0.05, 0.1) is 19.1 Å². The lowest BCUT2D eigenvalue weighted by molar-refractivity contribution is -0.138. The largest absolute Gasteiger partial charge is 0.481 e. The van der Waals surface area contributed by atoms with Gasteiger partial charge in [-0.3, -0.25) is 9.59 Å². The van der Waals surface area contributed by atoms with Gasteiger partial charge < -0.3 is 14.7 Å². The number of halogens is 1. The molecule has 0 aromatic heterocycles. The minimum absolute atomic E-state index is 0.00831. The SMILES string of the molecule is Cc1cc(Br)ccc1N1C(=O)COCC1CC(=O)O. The lowest BCUT2D eigenvalue weighted by atomic mass is 10.1. The van der Waals surface area contributed by atoms with Crippen molar-refractivity contribution >= 4 is 33.5 Å². The van der Waals surface area contributed by atoms with Crippen molar-refractivity contribution in [3.63, 3.8) is 0 Å². The van der Waals surface area contributed by atoms with Crippen molar-refractivity contribution in [3.8, 4) is 0 Å². The summed E-state index contributed by atoms with van der Waals surface area (Å²) in [6, 6.07) is 5.09. The molecule has 19 heavy (non-hydrogen) atoms. The highest BCUT2D eigenvalue weighted by Gasteiger charge is 2.32. The average molecular weight is 328 g/mol. The van der Waals surface area contributed by atoms with Crippen molar-refractivity contribution in [1.82, 2.24) is 0 Å². The summed E-state index contributed by atoms with van der Waals surface area (Å²) in [7, 11) is 0. The number of carbonyl (C=O) groups excluding carboxylic acids is 1. The fraction of sp³-hybridized carbons (Fsp3) is 0.385. The fourth-order valence-electron chi connectivity index (χ4n) is 2.20. The first kappa shape index (κ1) is 14.0. The molecular formula is C13H14BrNO4. The Morgan fingerprint density at radius 1 is 1.58 bits per heavy atom. The number of aliphatic carboxylic acids is 1. The van der Waals surface area contributed by atoms with Crippen molar-refractivity contribution < 1.29 is 19.4 Å². The average Bonchev–Trinajstić information content (AvgIpc) is 2.30. The summed E-state index contributed by atoms with van der Waals surface area (Å²) in [4.78, 5) is 24.5. The Labute approximate surface area is 119 Å². The number of morpholine rings is 1. The summed E-state index contributed by atoms with van der Waals surface area (Å²) < 4.78 is 6.07. The normalized spacial score (nSPS) is 19.6. The third-order valence-corrected chi connectivity index (χ3v) is 3.49. The number of aryl methyl sites for hydroxylation is 1. The molecule has 1 unspecified atom stereocenters. The number of anilines is 1. The molecule has 102 valence electrons. The molecule has 1 N–H and O–H groups in total. The van der Waals surface area contributed by atoms with E-state index in [4.69, 9.17) is 9.84 Å². The molecule has 0 spiro atoms. The molecule has 1 saturated heterocycles. The molecule has 1 aliphatic heterocycles. The minimum Gasteiger partial charge on any atom is -0.481 e. The van der Waals surface area contributed by atoms with Crippen LogP contribution in [0.3, 0.4) is 0 Å². The van der Waals surface area contributed by atoms with Crippen molar-refractivity contribution in [2.24, 2.45) is 0 Å². The van der Waals surface area contributed by atoms with E-state index in [0.29, 0.717) is 0 Å². The predicted molar refractivity (Wildman–Crippen MR) is 73.2 cm³/mol. The van der Waals surface area contributed by atoms with Crippen LogP contribution in [0, 0.1) is 6.92 Å². The molecule has 1 heterocycles. The highest BCUT2D eigenvalue weighted by molar-refractivity contribution is 9.10. The van der Waals surface area contributed by atoms with E-state index in [2.05, 4.69) is 15.9 Å². The number of nitrogens with zero attached hydrogens (tertiary/aromatic N) is 1. The summed E-state index contributed by atoms with van der Waals surface area (Å²) in [5, 5.41) is 8.93. The molecule has 2 rings (SSSR count). The maximum absolute atomic E-state index is 12.0. The van der Waals surface area contributed by atoms with E-state index < -0.39 is 12.0 Å². The van der Waals surface area contributed by atoms with Gasteiger partial charge in [0, 0.05) is 10.2 Å². The number of hydrogen-bond donors (Lipinski definition) is 1. The Hall–Kier alpha value is -1.40. The van der Waals surface area contributed by atoms with E-state index in [-0.39, 0.29) is 25.5 Å². The third-order valence-electron chi connectivity index (χ3n) is 3.00. The summed E-state index contributed by atoms with van der Waals surface area (Å²) in [6.45, 7) is 2.12. The zero-order chi connectivity index (χ0) is 14.0. The lowest BCUT2D eigenvalue weighted by Crippen LogP contribution is -2.50. The number of hydrogen-bond acceptors (Lipinski definition) is 3. The van der Waals surface area contributed by atoms with Crippen LogP contribution in [0.1, 0.15) is 12.0 Å². The van der Waals surface area contributed by atoms with Crippen molar-refractivity contribution in [2.75, 3.05) is 18.1 Å². The van der Waals surface area contributed by atoms with Gasteiger partial charge in [-0.05, 0) is 30.7 Å². The van der Waals surface area contributed by atoms with Gasteiger partial charge >= 0.3 is 5.97 Å². The zero-order valence-electron chi connectivity index (χ0n) is 10.4. The molecule has 1 atom stereocenters. The number of amides is 1. The van der Waals surface area contributed by atoms with Crippen molar-refractivity contribution in [2.45, 2.75) is 19.4 Å². The Balaban J connectivity index is 2.35. The van der Waals surface area contributed by atoms with Gasteiger partial charge in [-0.1, -0.05) is 15.9 Å². The highest BCUT2D eigenvalue weighted by Crippen LogP contribution is 2.28. The van der Waals surface area contributed by atoms with Crippen LogP contribution in [0.25, 0.3) is 0 Å². The molecule has 1 aromatic rings. The zero-order valence-corrected chi connectivity index (χ0v) is 12.0. The Morgan fingerprint density at radius 2 is 2.32 bits per heavy atom. The van der Waals surface area contributed by atoms with Gasteiger partial charge in [0.1, 0.15) is 6.61 Å². The number of benzene rings is 1. The van der Waals surface area contributed by atoms with E-state index in [0.717, 1.165) is 15.7 Å². The van der Waals surface area contributed by atoms with Crippen LogP contribution >= 0.6 is 15.9 Å². The van der Waals surface area contributed by atoms with Gasteiger partial charge in [-0.2, -0.15) is 0 Å². The summed E-state index contributed by atoms with van der Waals surface area (Å²) in [5.74, 6) is -1.15. The number of carboxylic acids is 1. The molecule has 6 heteroatoms. The highest BCUT2D eigenvalue weighted by atomic mass is 79.9. The molecule has 0 saturated carbocycles. The van der Waals surface area contributed by atoms with E-state index in [1.165, 1.54) is 0 Å². The summed E-state index contributed by atoms with van der Waals surface area (Å²) >= 11 is 3.37. The van der Waals surface area contributed by atoms with E-state index >= 15 is 0 Å². The van der Waals surface area contributed by atoms with Crippen molar-refractivity contribution in [3.05, 3.63) is 28.2 Å². The van der Waals surface area contributed by atoms with Gasteiger partial charge in [-0.25, -0.2) is 0 Å². The first-order chi connectivity index (χ1) is 8.99. The van der Waals surface area contributed by atoms with E-state index in [1.807, 2.05) is 25.1 Å². The Morgan fingerprint density at radius 3 is 2.95 bits per heavy atom. The summed E-state index contributed by atoms with van der Waals surface area (Å²) in [5.41, 5.74) is 1.66. The first-order valence-electron chi connectivity index (χ1n) is 5.87. The topological polar surface area (TPSA) is 66.8 Å². The molecule has 0 aliphatic carbocycles. The maximum Gasteiger partial charge on any atom is 0.305 e. The second kappa shape index (κ2) is 5.71. The number of carbonyl (C=O) groups is 2. The summed E-state index contributed by atoms with van der Waals surface area (Å²) in [6.07, 6.45) is -0.124. The van der Waals surface area contributed by atoms with Crippen LogP contribution in [-0.2, 0) is 14.3 Å². The fourth-order valence-corrected chi connectivity index (χ4v) is 2.68. The lowest BCUT2D eigenvalue weighted by Gasteiger charge is -2.35. The van der Waals surface area contributed by atoms with Crippen LogP contribution in [-0.4, -0.2) is 36.2 Å². The third kappa shape index (κ3) is 3.13. The molecule has 1 aromatic carbocycles. The predicted octanol–water partition coefficient (Wildman–Crippen LogP) is 1.96. The molecule has 1 amide bonds. The standard InChI is InChI=1S/C13H14BrNO4/c1-8-4-9(14)2-3-11(8)15-10(5-13(17)18)6-19-7-12(15)16/h2-4,10H,5-7H2,1H3,(H,17,18). The Bertz CT molecular complexity index is 517. The van der Waals surface area contributed by atoms with Gasteiger partial charge in [0.15, 0.2) is 0 Å². The van der Waals surface area contributed by atoms with Crippen molar-refractivity contribution in [1.29, 1.82) is 0 Å². The molecular weight excluding hydrogens is 314 g/mol. The van der Waals surface area contributed by atoms with Gasteiger partial charge in [-0.15, -0.1) is 0 Å². The van der Waals surface area contributed by atoms with E-state index in [1.54, 1.807) is 4.90 Å². The molecule has 1 fully saturated rings. The smallest absolute Gasteiger partial charge is 0.305 e. The second-order valence-corrected chi connectivity index (χ2v) is 5.38. The molecule has 1 aliphatic rings. The number of carboxylic acid groups (broad SMARTS) is 1.